The number of benzene rings is 4. The van der Waals surface area contributed by atoms with Crippen LogP contribution in [0.4, 0.5) is 5.69 Å². The molecule has 0 fully saturated rings. The van der Waals surface area contributed by atoms with Crippen LogP contribution in [0.5, 0.6) is 0 Å². The average Bonchev–Trinajstić information content (AvgIpc) is 3.25. The second kappa shape index (κ2) is 8.16. The molecule has 5 rings (SSSR count). The van der Waals surface area contributed by atoms with Crippen molar-refractivity contribution in [3.63, 3.8) is 0 Å². The molecule has 0 aliphatic rings. The number of carbonyl (C=O) groups is 1. The van der Waals surface area contributed by atoms with Crippen molar-refractivity contribution in [1.29, 1.82) is 0 Å². The highest BCUT2D eigenvalue weighted by molar-refractivity contribution is 6.03. The molecule has 5 aromatic rings. The first-order valence-electron chi connectivity index (χ1n) is 10.6. The number of amides is 1. The molecule has 4 heteroatoms. The summed E-state index contributed by atoms with van der Waals surface area (Å²) in [7, 11) is 0. The Balaban J connectivity index is 1.61. The number of nitrogens with one attached hydrogen (secondary N) is 1. The number of anilines is 1. The van der Waals surface area contributed by atoms with Crippen LogP contribution in [-0.2, 0) is 0 Å². The Labute approximate surface area is 187 Å². The van der Waals surface area contributed by atoms with E-state index in [-0.39, 0.29) is 5.91 Å². The van der Waals surface area contributed by atoms with Crippen molar-refractivity contribution in [2.45, 2.75) is 13.8 Å². The molecular weight excluding hydrogens is 394 g/mol. The van der Waals surface area contributed by atoms with Gasteiger partial charge in [-0.3, -0.25) is 4.79 Å². The maximum absolute atomic E-state index is 13.0. The molecule has 0 saturated carbocycles. The largest absolute Gasteiger partial charge is 0.321 e. The van der Waals surface area contributed by atoms with Crippen LogP contribution < -0.4 is 5.32 Å². The van der Waals surface area contributed by atoms with E-state index < -0.39 is 0 Å². The summed E-state index contributed by atoms with van der Waals surface area (Å²) in [5.74, 6) is -0.232. The van der Waals surface area contributed by atoms with Crippen LogP contribution in [0, 0.1) is 13.8 Å². The smallest absolute Gasteiger partial charge is 0.276 e. The van der Waals surface area contributed by atoms with Gasteiger partial charge in [0, 0.05) is 11.3 Å². The number of hydrogen-bond donors (Lipinski definition) is 1. The lowest BCUT2D eigenvalue weighted by atomic mass is 10.0. The summed E-state index contributed by atoms with van der Waals surface area (Å²) in [4.78, 5) is 13.0. The third-order valence-corrected chi connectivity index (χ3v) is 5.51. The first-order chi connectivity index (χ1) is 15.6. The van der Waals surface area contributed by atoms with Crippen LogP contribution in [0.25, 0.3) is 27.7 Å². The van der Waals surface area contributed by atoms with Crippen molar-refractivity contribution in [3.05, 3.63) is 114 Å². The molecular formula is C28H23N3O. The summed E-state index contributed by atoms with van der Waals surface area (Å²) in [6, 6.07) is 32.3. The molecule has 0 spiro atoms. The highest BCUT2D eigenvalue weighted by Crippen LogP contribution is 2.28. The maximum Gasteiger partial charge on any atom is 0.276 e. The molecule has 1 N–H and O–H groups in total. The predicted octanol–water partition coefficient (Wildman–Crippen LogP) is 6.56. The molecule has 156 valence electrons. The van der Waals surface area contributed by atoms with Gasteiger partial charge in [-0.1, -0.05) is 60.7 Å². The van der Waals surface area contributed by atoms with Crippen LogP contribution in [0.15, 0.2) is 97.1 Å². The second-order valence-electron chi connectivity index (χ2n) is 8.05. The SMILES string of the molecule is Cc1cccc(NC(=O)c2cc(-c3ccc4ccccc4c3)n(-c3cccc(C)c3)n2)c1. The Morgan fingerprint density at radius 2 is 1.50 bits per heavy atom. The van der Waals surface area contributed by atoms with Crippen LogP contribution in [0.2, 0.25) is 0 Å². The van der Waals surface area contributed by atoms with E-state index in [4.69, 9.17) is 5.10 Å². The molecule has 0 saturated heterocycles. The van der Waals surface area contributed by atoms with Gasteiger partial charge < -0.3 is 5.32 Å². The molecule has 0 aliphatic heterocycles. The van der Waals surface area contributed by atoms with Gasteiger partial charge in [-0.25, -0.2) is 4.68 Å². The lowest BCUT2D eigenvalue weighted by molar-refractivity contribution is 0.102. The van der Waals surface area contributed by atoms with Crippen molar-refractivity contribution in [3.8, 4) is 16.9 Å². The lowest BCUT2D eigenvalue weighted by Gasteiger charge is -2.09. The van der Waals surface area contributed by atoms with Crippen molar-refractivity contribution in [2.75, 3.05) is 5.32 Å². The number of rotatable bonds is 4. The van der Waals surface area contributed by atoms with Crippen molar-refractivity contribution in [2.24, 2.45) is 0 Å². The monoisotopic (exact) mass is 417 g/mol. The van der Waals surface area contributed by atoms with Gasteiger partial charge in [-0.05, 0) is 72.1 Å². The van der Waals surface area contributed by atoms with Gasteiger partial charge in [0.1, 0.15) is 0 Å². The van der Waals surface area contributed by atoms with E-state index in [1.165, 1.54) is 5.39 Å². The van der Waals surface area contributed by atoms with E-state index in [2.05, 4.69) is 41.7 Å². The molecule has 0 unspecified atom stereocenters. The highest BCUT2D eigenvalue weighted by Gasteiger charge is 2.17. The number of aryl methyl sites for hydroxylation is 2. The van der Waals surface area contributed by atoms with E-state index >= 15 is 0 Å². The third kappa shape index (κ3) is 3.91. The molecule has 1 heterocycles. The van der Waals surface area contributed by atoms with Crippen LogP contribution in [0.3, 0.4) is 0 Å². The summed E-state index contributed by atoms with van der Waals surface area (Å²) in [6.07, 6.45) is 0. The van der Waals surface area contributed by atoms with Gasteiger partial charge in [0.25, 0.3) is 5.91 Å². The Kier molecular flexibility index (Phi) is 5.04. The molecule has 1 aromatic heterocycles. The molecule has 0 radical (unpaired) electrons. The lowest BCUT2D eigenvalue weighted by Crippen LogP contribution is -2.13. The van der Waals surface area contributed by atoms with E-state index in [1.807, 2.05) is 79.2 Å². The quantitative estimate of drug-likeness (QED) is 0.360. The normalized spacial score (nSPS) is 10.9. The summed E-state index contributed by atoms with van der Waals surface area (Å²) >= 11 is 0. The molecule has 0 atom stereocenters. The topological polar surface area (TPSA) is 46.9 Å². The highest BCUT2D eigenvalue weighted by atomic mass is 16.1. The van der Waals surface area contributed by atoms with Gasteiger partial charge in [-0.2, -0.15) is 5.10 Å². The van der Waals surface area contributed by atoms with Gasteiger partial charge in [-0.15, -0.1) is 0 Å². The van der Waals surface area contributed by atoms with Crippen molar-refractivity contribution in [1.82, 2.24) is 9.78 Å². The Hall–Kier alpha value is -4.18. The zero-order valence-electron chi connectivity index (χ0n) is 18.0. The van der Waals surface area contributed by atoms with Gasteiger partial charge in [0.2, 0.25) is 0 Å². The van der Waals surface area contributed by atoms with Gasteiger partial charge in [0.15, 0.2) is 5.69 Å². The first kappa shape index (κ1) is 19.8. The third-order valence-electron chi connectivity index (χ3n) is 5.51. The molecule has 4 aromatic carbocycles. The van der Waals surface area contributed by atoms with Gasteiger partial charge in [0.05, 0.1) is 11.4 Å². The predicted molar refractivity (Wildman–Crippen MR) is 130 cm³/mol. The molecule has 1 amide bonds. The fourth-order valence-corrected chi connectivity index (χ4v) is 3.92. The summed E-state index contributed by atoms with van der Waals surface area (Å²) in [5.41, 5.74) is 6.15. The summed E-state index contributed by atoms with van der Waals surface area (Å²) in [6.45, 7) is 4.05. The molecule has 4 nitrogen and oxygen atoms in total. The zero-order chi connectivity index (χ0) is 22.1. The van der Waals surface area contributed by atoms with Crippen LogP contribution >= 0.6 is 0 Å². The average molecular weight is 418 g/mol. The zero-order valence-corrected chi connectivity index (χ0v) is 18.0. The number of fused-ring (bicyclic) bond motifs is 1. The number of nitrogens with zero attached hydrogens (tertiary/aromatic N) is 2. The summed E-state index contributed by atoms with van der Waals surface area (Å²) < 4.78 is 1.85. The number of aromatic nitrogens is 2. The van der Waals surface area contributed by atoms with Crippen molar-refractivity contribution >= 4 is 22.4 Å². The molecule has 32 heavy (non-hydrogen) atoms. The van der Waals surface area contributed by atoms with E-state index in [1.54, 1.807) is 0 Å². The van der Waals surface area contributed by atoms with Gasteiger partial charge >= 0.3 is 0 Å². The summed E-state index contributed by atoms with van der Waals surface area (Å²) in [5, 5.41) is 9.99. The molecule has 0 aliphatic carbocycles. The minimum Gasteiger partial charge on any atom is -0.321 e. The fraction of sp³-hybridized carbons (Fsp3) is 0.0714. The Morgan fingerprint density at radius 1 is 0.750 bits per heavy atom. The maximum atomic E-state index is 13.0. The minimum absolute atomic E-state index is 0.232. The van der Waals surface area contributed by atoms with Crippen molar-refractivity contribution < 1.29 is 4.79 Å². The number of hydrogen-bond acceptors (Lipinski definition) is 2. The van der Waals surface area contributed by atoms with Crippen LogP contribution in [-0.4, -0.2) is 15.7 Å². The van der Waals surface area contributed by atoms with Crippen LogP contribution in [0.1, 0.15) is 21.6 Å². The van der Waals surface area contributed by atoms with E-state index in [0.29, 0.717) is 5.69 Å². The fourth-order valence-electron chi connectivity index (χ4n) is 3.92. The van der Waals surface area contributed by atoms with E-state index in [9.17, 15) is 4.79 Å². The first-order valence-corrected chi connectivity index (χ1v) is 10.6. The molecule has 0 bridgehead atoms. The second-order valence-corrected chi connectivity index (χ2v) is 8.05. The Bertz CT molecular complexity index is 1450. The Morgan fingerprint density at radius 3 is 2.28 bits per heavy atom. The number of carbonyl (C=O) groups excluding carboxylic acids is 1. The van der Waals surface area contributed by atoms with E-state index in [0.717, 1.165) is 39.1 Å². The standard InChI is InChI=1S/C28H23N3O/c1-19-7-5-11-24(15-19)29-28(32)26-18-27(31(30-26)25-12-6-8-20(2)16-25)23-14-13-21-9-3-4-10-22(21)17-23/h3-18H,1-2H3,(H,29,32). The minimum atomic E-state index is -0.232.